The van der Waals surface area contributed by atoms with Crippen LogP contribution >= 0.6 is 44.8 Å². The van der Waals surface area contributed by atoms with Crippen LogP contribution in [0.3, 0.4) is 0 Å². The van der Waals surface area contributed by atoms with Crippen LogP contribution in [0.1, 0.15) is 11.1 Å². The van der Waals surface area contributed by atoms with Crippen LogP contribution in [-0.2, 0) is 0 Å². The minimum Gasteiger partial charge on any atom is -0.409 e. The van der Waals surface area contributed by atoms with E-state index in [4.69, 9.17) is 32.7 Å². The molecule has 0 heterocycles. The van der Waals surface area contributed by atoms with Crippen molar-refractivity contribution in [2.45, 2.75) is 23.6 Å². The van der Waals surface area contributed by atoms with E-state index in [9.17, 15) is 9.59 Å². The van der Waals surface area contributed by atoms with Crippen molar-refractivity contribution in [1.82, 2.24) is 9.80 Å². The Bertz CT molecular complexity index is 891. The molecule has 6 nitrogen and oxygen atoms in total. The molecule has 0 saturated heterocycles. The fraction of sp³-hybridized carbons (Fsp3) is 0.300. The third-order valence-electron chi connectivity index (χ3n) is 3.80. The maximum Gasteiger partial charge on any atom is 0.414 e. The molecule has 0 spiro atoms. The molecule has 2 amide bonds. The van der Waals surface area contributed by atoms with Gasteiger partial charge in [0.15, 0.2) is 11.5 Å². The second-order valence-electron chi connectivity index (χ2n) is 6.79. The van der Waals surface area contributed by atoms with Crippen LogP contribution in [0, 0.1) is 13.8 Å². The first-order chi connectivity index (χ1) is 14.0. The molecule has 0 unspecified atom stereocenters. The fourth-order valence-electron chi connectivity index (χ4n) is 2.06. The maximum atomic E-state index is 11.9. The van der Waals surface area contributed by atoms with Crippen molar-refractivity contribution in [2.24, 2.45) is 0 Å². The van der Waals surface area contributed by atoms with Gasteiger partial charge in [-0.05, 0) is 49.2 Å². The van der Waals surface area contributed by atoms with Gasteiger partial charge in [0, 0.05) is 38.0 Å². The van der Waals surface area contributed by atoms with Gasteiger partial charge in [0.05, 0.1) is 10.0 Å². The van der Waals surface area contributed by atoms with Gasteiger partial charge in [-0.1, -0.05) is 44.8 Å². The smallest absolute Gasteiger partial charge is 0.409 e. The van der Waals surface area contributed by atoms with Crippen LogP contribution in [0.4, 0.5) is 9.59 Å². The number of halogens is 2. The third kappa shape index (κ3) is 6.38. The minimum absolute atomic E-state index is 0.289. The zero-order valence-electron chi connectivity index (χ0n) is 17.4. The number of aryl methyl sites for hydroxylation is 2. The van der Waals surface area contributed by atoms with Crippen molar-refractivity contribution in [2.75, 3.05) is 28.2 Å². The lowest BCUT2D eigenvalue weighted by molar-refractivity contribution is 0.171. The number of rotatable bonds is 5. The summed E-state index contributed by atoms with van der Waals surface area (Å²) in [5.41, 5.74) is 1.88. The van der Waals surface area contributed by atoms with Crippen LogP contribution in [0.25, 0.3) is 0 Å². The molecule has 0 atom stereocenters. The second-order valence-corrected chi connectivity index (χ2v) is 9.82. The van der Waals surface area contributed by atoms with E-state index >= 15 is 0 Å². The lowest BCUT2D eigenvalue weighted by Gasteiger charge is -2.15. The quantitative estimate of drug-likeness (QED) is 0.445. The van der Waals surface area contributed by atoms with Crippen LogP contribution in [0.5, 0.6) is 11.5 Å². The van der Waals surface area contributed by atoms with Crippen LogP contribution in [-0.4, -0.2) is 50.2 Å². The Labute approximate surface area is 194 Å². The number of carbonyl (C=O) groups is 2. The Hall–Kier alpha value is -1.74. The van der Waals surface area contributed by atoms with E-state index in [1.54, 1.807) is 52.5 Å². The predicted molar refractivity (Wildman–Crippen MR) is 124 cm³/mol. The number of carbonyl (C=O) groups excluding carboxylic acids is 2. The summed E-state index contributed by atoms with van der Waals surface area (Å²) in [7, 11) is 9.33. The summed E-state index contributed by atoms with van der Waals surface area (Å²) in [5.74, 6) is 0.579. The van der Waals surface area contributed by atoms with Crippen molar-refractivity contribution in [3.63, 3.8) is 0 Å². The number of nitrogens with zero attached hydrogens (tertiary/aromatic N) is 2. The van der Waals surface area contributed by atoms with Crippen molar-refractivity contribution < 1.29 is 19.1 Å². The number of amides is 2. The Morgan fingerprint density at radius 2 is 1.07 bits per heavy atom. The summed E-state index contributed by atoms with van der Waals surface area (Å²) in [6.07, 6.45) is -1.02. The number of ether oxygens (including phenoxy) is 2. The molecular formula is C20H22Cl2N2O4S2. The first-order valence-electron chi connectivity index (χ1n) is 8.72. The molecule has 0 aromatic heterocycles. The molecule has 0 saturated carbocycles. The van der Waals surface area contributed by atoms with E-state index in [2.05, 4.69) is 0 Å². The topological polar surface area (TPSA) is 59.1 Å². The van der Waals surface area contributed by atoms with Gasteiger partial charge in [0.1, 0.15) is 0 Å². The first kappa shape index (κ1) is 24.5. The highest BCUT2D eigenvalue weighted by Gasteiger charge is 2.16. The SMILES string of the molecule is Cc1cc(Cl)c(OC(=O)N(C)C)cc1SSc1cc(OC(=O)N(C)C)c(Cl)cc1C. The number of hydrogen-bond donors (Lipinski definition) is 0. The van der Waals surface area contributed by atoms with Gasteiger partial charge in [-0.2, -0.15) is 0 Å². The zero-order chi connectivity index (χ0) is 22.6. The van der Waals surface area contributed by atoms with Crippen LogP contribution in [0.15, 0.2) is 34.1 Å². The Morgan fingerprint density at radius 1 is 0.733 bits per heavy atom. The molecule has 0 aliphatic rings. The molecule has 0 bridgehead atoms. The number of benzene rings is 2. The normalized spacial score (nSPS) is 10.5. The van der Waals surface area contributed by atoms with Gasteiger partial charge < -0.3 is 19.3 Å². The molecule has 10 heteroatoms. The monoisotopic (exact) mass is 488 g/mol. The predicted octanol–water partition coefficient (Wildman–Crippen LogP) is 6.53. The molecule has 0 fully saturated rings. The molecule has 162 valence electrons. The van der Waals surface area contributed by atoms with E-state index in [0.29, 0.717) is 10.0 Å². The van der Waals surface area contributed by atoms with Crippen molar-refractivity contribution >= 4 is 57.0 Å². The lowest BCUT2D eigenvalue weighted by Crippen LogP contribution is -2.25. The second kappa shape index (κ2) is 10.5. The fourth-order valence-corrected chi connectivity index (χ4v) is 5.07. The van der Waals surface area contributed by atoms with Gasteiger partial charge in [-0.15, -0.1) is 0 Å². The first-order valence-corrected chi connectivity index (χ1v) is 11.6. The van der Waals surface area contributed by atoms with Crippen LogP contribution in [0.2, 0.25) is 10.0 Å². The molecule has 0 aliphatic heterocycles. The summed E-state index contributed by atoms with van der Waals surface area (Å²) >= 11 is 12.5. The van der Waals surface area contributed by atoms with E-state index in [-0.39, 0.29) is 11.5 Å². The summed E-state index contributed by atoms with van der Waals surface area (Å²) in [6, 6.07) is 6.97. The average molecular weight is 489 g/mol. The van der Waals surface area contributed by atoms with Gasteiger partial charge in [0.25, 0.3) is 0 Å². The van der Waals surface area contributed by atoms with E-state index in [1.165, 1.54) is 31.4 Å². The summed E-state index contributed by atoms with van der Waals surface area (Å²) in [5, 5.41) is 0.718. The number of hydrogen-bond acceptors (Lipinski definition) is 6. The average Bonchev–Trinajstić information content (AvgIpc) is 2.65. The third-order valence-corrected chi connectivity index (χ3v) is 7.05. The van der Waals surface area contributed by atoms with Gasteiger partial charge in [-0.25, -0.2) is 9.59 Å². The Balaban J connectivity index is 2.24. The molecule has 0 radical (unpaired) electrons. The summed E-state index contributed by atoms with van der Waals surface area (Å²) < 4.78 is 10.7. The highest BCUT2D eigenvalue weighted by atomic mass is 35.5. The summed E-state index contributed by atoms with van der Waals surface area (Å²) in [4.78, 5) is 28.1. The van der Waals surface area contributed by atoms with Crippen LogP contribution < -0.4 is 9.47 Å². The van der Waals surface area contributed by atoms with Gasteiger partial charge in [-0.3, -0.25) is 0 Å². The van der Waals surface area contributed by atoms with E-state index in [1.807, 2.05) is 13.8 Å². The minimum atomic E-state index is -0.509. The largest absolute Gasteiger partial charge is 0.414 e. The molecular weight excluding hydrogens is 467 g/mol. The van der Waals surface area contributed by atoms with Gasteiger partial charge >= 0.3 is 12.2 Å². The highest BCUT2D eigenvalue weighted by Crippen LogP contribution is 2.45. The zero-order valence-corrected chi connectivity index (χ0v) is 20.6. The van der Waals surface area contributed by atoms with Crippen molar-refractivity contribution in [1.29, 1.82) is 0 Å². The van der Waals surface area contributed by atoms with E-state index < -0.39 is 12.2 Å². The lowest BCUT2D eigenvalue weighted by atomic mass is 10.2. The highest BCUT2D eigenvalue weighted by molar-refractivity contribution is 8.76. The van der Waals surface area contributed by atoms with Gasteiger partial charge in [0.2, 0.25) is 0 Å². The molecule has 30 heavy (non-hydrogen) atoms. The molecule has 2 aromatic rings. The standard InChI is InChI=1S/C20H22Cl2N2O4S2/c1-11-7-13(21)15(27-19(25)23(3)4)9-17(11)29-30-18-10-16(14(22)8-12(18)2)28-20(26)24(5)6/h7-10H,1-6H3. The molecule has 0 aliphatic carbocycles. The Kier molecular flexibility index (Phi) is 8.61. The van der Waals surface area contributed by atoms with E-state index in [0.717, 1.165) is 20.9 Å². The molecule has 2 rings (SSSR count). The van der Waals surface area contributed by atoms with Crippen molar-refractivity contribution in [3.8, 4) is 11.5 Å². The molecule has 2 aromatic carbocycles. The van der Waals surface area contributed by atoms with Crippen molar-refractivity contribution in [3.05, 3.63) is 45.4 Å². The molecule has 0 N–H and O–H groups in total. The Morgan fingerprint density at radius 3 is 1.37 bits per heavy atom. The maximum absolute atomic E-state index is 11.9. The summed E-state index contributed by atoms with van der Waals surface area (Å²) in [6.45, 7) is 3.84.